The lowest BCUT2D eigenvalue weighted by Gasteiger charge is -2.14. The summed E-state index contributed by atoms with van der Waals surface area (Å²) in [6.07, 6.45) is 0. The van der Waals surface area contributed by atoms with E-state index >= 15 is 0 Å². The Hall–Kier alpha value is -0.0300. The number of rotatable bonds is 6. The molecule has 4 heteroatoms. The molecule has 1 rings (SSSR count). The van der Waals surface area contributed by atoms with Gasteiger partial charge in [-0.1, -0.05) is 28.1 Å². The van der Waals surface area contributed by atoms with Crippen LogP contribution in [0.1, 0.15) is 10.8 Å². The Bertz CT molecular complexity index is 278. The Kier molecular flexibility index (Phi) is 6.32. The van der Waals surface area contributed by atoms with Gasteiger partial charge in [0, 0.05) is 29.1 Å². The molecule has 0 amide bonds. The van der Waals surface area contributed by atoms with Crippen LogP contribution < -0.4 is 5.73 Å². The van der Waals surface area contributed by atoms with Gasteiger partial charge in [-0.25, -0.2) is 0 Å². The third-order valence-corrected chi connectivity index (χ3v) is 3.86. The maximum absolute atomic E-state index is 5.75. The largest absolute Gasteiger partial charge is 0.384 e. The Morgan fingerprint density at radius 2 is 2.07 bits per heavy atom. The maximum atomic E-state index is 5.75. The predicted octanol–water partition coefficient (Wildman–Crippen LogP) is 2.83. The quantitative estimate of drug-likeness (QED) is 0.818. The van der Waals surface area contributed by atoms with Crippen LogP contribution in [-0.2, 0) is 4.74 Å². The van der Waals surface area contributed by atoms with Crippen LogP contribution in [0.5, 0.6) is 0 Å². The molecule has 0 saturated heterocycles. The van der Waals surface area contributed by atoms with Gasteiger partial charge in [0.2, 0.25) is 0 Å². The van der Waals surface area contributed by atoms with Gasteiger partial charge < -0.3 is 10.5 Å². The highest BCUT2D eigenvalue weighted by atomic mass is 79.9. The monoisotopic (exact) mass is 289 g/mol. The zero-order valence-electron chi connectivity index (χ0n) is 8.78. The van der Waals surface area contributed by atoms with E-state index in [0.717, 1.165) is 16.8 Å². The van der Waals surface area contributed by atoms with E-state index in [0.29, 0.717) is 11.8 Å². The fraction of sp³-hybridized carbons (Fsp3) is 0.455. The lowest BCUT2D eigenvalue weighted by molar-refractivity contribution is 0.218. The number of hydrogen-bond donors (Lipinski definition) is 1. The van der Waals surface area contributed by atoms with Gasteiger partial charge in [0.05, 0.1) is 6.61 Å². The number of nitrogens with two attached hydrogens (primary N) is 1. The van der Waals surface area contributed by atoms with Crippen LogP contribution in [0.15, 0.2) is 28.7 Å². The van der Waals surface area contributed by atoms with Crippen molar-refractivity contribution in [2.45, 2.75) is 5.25 Å². The summed E-state index contributed by atoms with van der Waals surface area (Å²) in [5.41, 5.74) is 7.03. The summed E-state index contributed by atoms with van der Waals surface area (Å²) < 4.78 is 6.12. The lowest BCUT2D eigenvalue weighted by Crippen LogP contribution is -2.10. The van der Waals surface area contributed by atoms with Gasteiger partial charge in [-0.2, -0.15) is 11.8 Å². The van der Waals surface area contributed by atoms with Crippen molar-refractivity contribution in [3.05, 3.63) is 34.3 Å². The van der Waals surface area contributed by atoms with E-state index in [1.54, 1.807) is 7.11 Å². The maximum Gasteiger partial charge on any atom is 0.0553 e. The normalized spacial score (nSPS) is 12.7. The molecule has 2 N–H and O–H groups in total. The van der Waals surface area contributed by atoms with Crippen LogP contribution in [0.25, 0.3) is 0 Å². The molecular formula is C11H16BrNOS. The van der Waals surface area contributed by atoms with Crippen molar-refractivity contribution in [3.63, 3.8) is 0 Å². The molecule has 0 bridgehead atoms. The first kappa shape index (κ1) is 13.0. The first-order valence-corrected chi connectivity index (χ1v) is 6.68. The van der Waals surface area contributed by atoms with Crippen LogP contribution in [-0.4, -0.2) is 26.0 Å². The zero-order chi connectivity index (χ0) is 11.1. The highest BCUT2D eigenvalue weighted by Crippen LogP contribution is 2.28. The first-order valence-electron chi connectivity index (χ1n) is 4.84. The number of halogens is 1. The molecule has 0 aliphatic heterocycles. The average Bonchev–Trinajstić information content (AvgIpc) is 2.26. The van der Waals surface area contributed by atoms with Crippen molar-refractivity contribution >= 4 is 27.7 Å². The van der Waals surface area contributed by atoms with Crippen molar-refractivity contribution in [2.24, 2.45) is 5.73 Å². The fourth-order valence-corrected chi connectivity index (χ4v) is 2.55. The molecule has 1 unspecified atom stereocenters. The Labute approximate surface area is 104 Å². The highest BCUT2D eigenvalue weighted by Gasteiger charge is 2.09. The van der Waals surface area contributed by atoms with Gasteiger partial charge in [0.15, 0.2) is 0 Å². The zero-order valence-corrected chi connectivity index (χ0v) is 11.2. The third kappa shape index (κ3) is 4.55. The van der Waals surface area contributed by atoms with Crippen LogP contribution in [0.3, 0.4) is 0 Å². The molecule has 2 nitrogen and oxygen atoms in total. The minimum atomic E-state index is 0.369. The van der Waals surface area contributed by atoms with Crippen molar-refractivity contribution in [3.8, 4) is 0 Å². The molecule has 0 aromatic heterocycles. The summed E-state index contributed by atoms with van der Waals surface area (Å²) in [6.45, 7) is 1.44. The summed E-state index contributed by atoms with van der Waals surface area (Å²) in [4.78, 5) is 0. The van der Waals surface area contributed by atoms with Gasteiger partial charge in [-0.15, -0.1) is 0 Å². The molecule has 0 radical (unpaired) electrons. The van der Waals surface area contributed by atoms with E-state index in [1.165, 1.54) is 5.56 Å². The van der Waals surface area contributed by atoms with Crippen molar-refractivity contribution in [1.82, 2.24) is 0 Å². The molecule has 0 fully saturated rings. The summed E-state index contributed by atoms with van der Waals surface area (Å²) >= 11 is 5.26. The number of methoxy groups -OCH3 is 1. The minimum absolute atomic E-state index is 0.369. The van der Waals surface area contributed by atoms with E-state index in [-0.39, 0.29) is 0 Å². The molecule has 0 heterocycles. The van der Waals surface area contributed by atoms with Gasteiger partial charge in [-0.3, -0.25) is 0 Å². The molecule has 0 saturated carbocycles. The molecule has 15 heavy (non-hydrogen) atoms. The second-order valence-corrected chi connectivity index (χ2v) is 5.37. The Morgan fingerprint density at radius 1 is 1.40 bits per heavy atom. The van der Waals surface area contributed by atoms with E-state index in [2.05, 4.69) is 40.2 Å². The summed E-state index contributed by atoms with van der Waals surface area (Å²) in [5, 5.41) is 0.369. The van der Waals surface area contributed by atoms with Crippen molar-refractivity contribution in [2.75, 3.05) is 26.0 Å². The van der Waals surface area contributed by atoms with Crippen molar-refractivity contribution < 1.29 is 4.74 Å². The van der Waals surface area contributed by atoms with Gasteiger partial charge in [0.25, 0.3) is 0 Å². The van der Waals surface area contributed by atoms with E-state index < -0.39 is 0 Å². The van der Waals surface area contributed by atoms with E-state index in [9.17, 15) is 0 Å². The first-order chi connectivity index (χ1) is 7.27. The summed E-state index contributed by atoms with van der Waals surface area (Å²) in [7, 11) is 1.72. The second-order valence-electron chi connectivity index (χ2n) is 3.14. The van der Waals surface area contributed by atoms with E-state index in [4.69, 9.17) is 10.5 Å². The topological polar surface area (TPSA) is 35.2 Å². The molecule has 1 aromatic carbocycles. The Balaban J connectivity index is 2.53. The van der Waals surface area contributed by atoms with Crippen LogP contribution in [0, 0.1) is 0 Å². The summed E-state index contributed by atoms with van der Waals surface area (Å²) in [6, 6.07) is 8.33. The van der Waals surface area contributed by atoms with Crippen LogP contribution >= 0.6 is 27.7 Å². The number of benzene rings is 1. The number of hydrogen-bond acceptors (Lipinski definition) is 3. The highest BCUT2D eigenvalue weighted by molar-refractivity contribution is 9.10. The van der Waals surface area contributed by atoms with Gasteiger partial charge in [0.1, 0.15) is 0 Å². The van der Waals surface area contributed by atoms with Gasteiger partial charge in [-0.05, 0) is 17.7 Å². The number of ether oxygens (including phenoxy) is 1. The molecule has 0 aliphatic rings. The average molecular weight is 290 g/mol. The van der Waals surface area contributed by atoms with Gasteiger partial charge >= 0.3 is 0 Å². The van der Waals surface area contributed by atoms with Crippen LogP contribution in [0.2, 0.25) is 0 Å². The summed E-state index contributed by atoms with van der Waals surface area (Å²) in [5.74, 6) is 0.981. The molecule has 84 valence electrons. The smallest absolute Gasteiger partial charge is 0.0553 e. The molecule has 1 atom stereocenters. The second kappa shape index (κ2) is 7.28. The number of thioether (sulfide) groups is 1. The van der Waals surface area contributed by atoms with E-state index in [1.807, 2.05) is 11.8 Å². The third-order valence-electron chi connectivity index (χ3n) is 2.06. The standard InChI is InChI=1S/C11H16BrNOS/c1-14-6-7-15-11(8-13)9-2-4-10(12)5-3-9/h2-5,11H,6-8,13H2,1H3. The molecule has 0 aliphatic carbocycles. The molecule has 0 spiro atoms. The Morgan fingerprint density at radius 3 is 2.60 bits per heavy atom. The SMILES string of the molecule is COCCSC(CN)c1ccc(Br)cc1. The predicted molar refractivity (Wildman–Crippen MR) is 70.3 cm³/mol. The molecular weight excluding hydrogens is 274 g/mol. The fourth-order valence-electron chi connectivity index (χ4n) is 1.25. The molecule has 1 aromatic rings. The lowest BCUT2D eigenvalue weighted by atomic mass is 10.1. The van der Waals surface area contributed by atoms with Crippen LogP contribution in [0.4, 0.5) is 0 Å². The minimum Gasteiger partial charge on any atom is -0.384 e. The van der Waals surface area contributed by atoms with Crippen molar-refractivity contribution in [1.29, 1.82) is 0 Å².